The number of rotatable bonds is 20. The monoisotopic (exact) mass is 388 g/mol. The number of nitrogens with zero attached hydrogens (tertiary/aromatic N) is 1. The Bertz CT molecular complexity index is 308. The van der Waals surface area contributed by atoms with Gasteiger partial charge in [0.1, 0.15) is 0 Å². The lowest BCUT2D eigenvalue weighted by Crippen LogP contribution is -2.55. The van der Waals surface area contributed by atoms with E-state index in [1.807, 2.05) is 0 Å². The molecule has 0 saturated carbocycles. The Morgan fingerprint density at radius 3 is 1.30 bits per heavy atom. The summed E-state index contributed by atoms with van der Waals surface area (Å²) in [6, 6.07) is -0.263. The van der Waals surface area contributed by atoms with Gasteiger partial charge < -0.3 is 21.1 Å². The molecule has 0 aromatic rings. The Kier molecular flexibility index (Phi) is 17.7. The quantitative estimate of drug-likeness (QED) is 0.182. The van der Waals surface area contributed by atoms with Gasteiger partial charge in [0, 0.05) is 19.1 Å². The molecular weight excluding hydrogens is 340 g/mol. The van der Waals surface area contributed by atoms with Crippen molar-refractivity contribution in [2.24, 2.45) is 5.73 Å². The van der Waals surface area contributed by atoms with E-state index in [1.165, 1.54) is 88.4 Å². The Morgan fingerprint density at radius 2 is 1.00 bits per heavy atom. The minimum Gasteiger partial charge on any atom is -0.330 e. The van der Waals surface area contributed by atoms with Crippen molar-refractivity contribution >= 4 is 0 Å². The number of aliphatic hydroxyl groups is 3. The van der Waals surface area contributed by atoms with E-state index < -0.39 is 6.10 Å². The summed E-state index contributed by atoms with van der Waals surface area (Å²) in [5, 5.41) is 28.2. The molecule has 0 radical (unpaired) electrons. The van der Waals surface area contributed by atoms with Crippen molar-refractivity contribution in [2.45, 2.75) is 129 Å². The molecule has 0 bridgehead atoms. The summed E-state index contributed by atoms with van der Waals surface area (Å²) in [7, 11) is 0. The van der Waals surface area contributed by atoms with Crippen molar-refractivity contribution in [3.05, 3.63) is 0 Å². The summed E-state index contributed by atoms with van der Waals surface area (Å²) in [6.45, 7) is 4.78. The third kappa shape index (κ3) is 16.5. The maximum absolute atomic E-state index is 9.39. The van der Waals surface area contributed by atoms with Gasteiger partial charge in [-0.25, -0.2) is 4.90 Å². The fourth-order valence-corrected chi connectivity index (χ4v) is 3.62. The Balaban J connectivity index is 3.38. The molecule has 5 heteroatoms. The summed E-state index contributed by atoms with van der Waals surface area (Å²) in [4.78, 5) is 1.25. The molecule has 5 N–H and O–H groups in total. The molecule has 0 heterocycles. The number of unbranched alkanes of at least 4 members (excludes halogenated alkanes) is 15. The summed E-state index contributed by atoms with van der Waals surface area (Å²) in [5.74, 6) is 0. The lowest BCUT2D eigenvalue weighted by Gasteiger charge is -2.34. The van der Waals surface area contributed by atoms with Crippen LogP contribution in [0.1, 0.15) is 117 Å². The molecule has 5 nitrogen and oxygen atoms in total. The van der Waals surface area contributed by atoms with Crippen molar-refractivity contribution < 1.29 is 15.3 Å². The van der Waals surface area contributed by atoms with Gasteiger partial charge in [-0.15, -0.1) is 0 Å². The average molecular weight is 389 g/mol. The van der Waals surface area contributed by atoms with E-state index in [9.17, 15) is 15.3 Å². The van der Waals surface area contributed by atoms with Gasteiger partial charge >= 0.3 is 6.10 Å². The van der Waals surface area contributed by atoms with Crippen LogP contribution in [0.25, 0.3) is 0 Å². The van der Waals surface area contributed by atoms with E-state index in [4.69, 9.17) is 5.73 Å². The van der Waals surface area contributed by atoms with Gasteiger partial charge in [-0.1, -0.05) is 103 Å². The second kappa shape index (κ2) is 17.9. The molecule has 27 heavy (non-hydrogen) atoms. The molecule has 0 fully saturated rings. The Hall–Kier alpha value is -0.200. The molecule has 0 aliphatic carbocycles. The Morgan fingerprint density at radius 1 is 0.667 bits per heavy atom. The van der Waals surface area contributed by atoms with Crippen LogP contribution in [0.5, 0.6) is 0 Å². The molecule has 0 aliphatic rings. The third-order valence-corrected chi connectivity index (χ3v) is 5.51. The molecule has 0 spiro atoms. The van der Waals surface area contributed by atoms with Crippen molar-refractivity contribution in [1.82, 2.24) is 4.90 Å². The number of hydrogen-bond donors (Lipinski definition) is 4. The second-order valence-electron chi connectivity index (χ2n) is 8.18. The smallest absolute Gasteiger partial charge is 0.330 e. The lowest BCUT2D eigenvalue weighted by molar-refractivity contribution is -0.399. The van der Waals surface area contributed by atoms with Gasteiger partial charge in [-0.3, -0.25) is 0 Å². The molecule has 1 atom stereocenters. The zero-order valence-corrected chi connectivity index (χ0v) is 18.2. The van der Waals surface area contributed by atoms with Gasteiger partial charge in [0.15, 0.2) is 0 Å². The molecule has 0 amide bonds. The van der Waals surface area contributed by atoms with Crippen LogP contribution in [0.3, 0.4) is 0 Å². The van der Waals surface area contributed by atoms with Crippen molar-refractivity contribution in [3.63, 3.8) is 0 Å². The van der Waals surface area contributed by atoms with Crippen LogP contribution in [0.4, 0.5) is 0 Å². The SMILES string of the molecule is CCCCCCCCCCCCCCCCCCN(C(C)CN)C(O)(O)O. The maximum Gasteiger partial charge on any atom is 0.346 e. The first-order chi connectivity index (χ1) is 12.9. The highest BCUT2D eigenvalue weighted by Crippen LogP contribution is 2.15. The fraction of sp³-hybridized carbons (Fsp3) is 1.00. The van der Waals surface area contributed by atoms with Crippen molar-refractivity contribution in [1.29, 1.82) is 0 Å². The number of hydrogen-bond acceptors (Lipinski definition) is 5. The standard InChI is InChI=1S/C22H48N2O3/c1-3-4-5-6-7-8-9-10-11-12-13-14-15-16-17-18-19-24(21(2)20-23)22(25,26)27/h21,25-27H,3-20,23H2,1-2H3. The highest BCUT2D eigenvalue weighted by molar-refractivity contribution is 4.69. The topological polar surface area (TPSA) is 90.0 Å². The normalized spacial score (nSPS) is 13.4. The van der Waals surface area contributed by atoms with E-state index in [2.05, 4.69) is 6.92 Å². The van der Waals surface area contributed by atoms with Crippen LogP contribution in [0.15, 0.2) is 0 Å². The van der Waals surface area contributed by atoms with Crippen LogP contribution >= 0.6 is 0 Å². The van der Waals surface area contributed by atoms with E-state index >= 15 is 0 Å². The summed E-state index contributed by atoms with van der Waals surface area (Å²) in [5.41, 5.74) is 5.56. The first-order valence-electron chi connectivity index (χ1n) is 11.6. The zero-order valence-electron chi connectivity index (χ0n) is 18.2. The summed E-state index contributed by atoms with van der Waals surface area (Å²) in [6.07, 6.45) is 18.1. The van der Waals surface area contributed by atoms with Crippen LogP contribution in [0, 0.1) is 0 Å². The fourth-order valence-electron chi connectivity index (χ4n) is 3.62. The predicted octanol–water partition coefficient (Wildman–Crippen LogP) is 4.49. The molecule has 1 unspecified atom stereocenters. The van der Waals surface area contributed by atoms with Crippen LogP contribution in [0.2, 0.25) is 0 Å². The molecular formula is C22H48N2O3. The molecule has 0 aliphatic heterocycles. The summed E-state index contributed by atoms with van der Waals surface area (Å²) >= 11 is 0. The third-order valence-electron chi connectivity index (χ3n) is 5.51. The summed E-state index contributed by atoms with van der Waals surface area (Å²) < 4.78 is 0. The molecule has 164 valence electrons. The van der Waals surface area contributed by atoms with Crippen LogP contribution < -0.4 is 5.73 Å². The maximum atomic E-state index is 9.39. The van der Waals surface area contributed by atoms with Gasteiger partial charge in [-0.2, -0.15) is 0 Å². The highest BCUT2D eigenvalue weighted by Gasteiger charge is 2.32. The molecule has 0 rings (SSSR count). The minimum atomic E-state index is -2.77. The second-order valence-corrected chi connectivity index (χ2v) is 8.18. The van der Waals surface area contributed by atoms with Gasteiger partial charge in [0.2, 0.25) is 0 Å². The van der Waals surface area contributed by atoms with E-state index in [-0.39, 0.29) is 12.6 Å². The average Bonchev–Trinajstić information content (AvgIpc) is 2.62. The molecule has 0 saturated heterocycles. The predicted molar refractivity (Wildman–Crippen MR) is 114 cm³/mol. The van der Waals surface area contributed by atoms with Gasteiger partial charge in [0.05, 0.1) is 0 Å². The van der Waals surface area contributed by atoms with E-state index in [0.717, 1.165) is 19.3 Å². The van der Waals surface area contributed by atoms with E-state index in [1.54, 1.807) is 6.92 Å². The molecule has 0 aromatic heterocycles. The molecule has 0 aromatic carbocycles. The first-order valence-corrected chi connectivity index (χ1v) is 11.6. The number of nitrogens with two attached hydrogens (primary N) is 1. The van der Waals surface area contributed by atoms with Crippen LogP contribution in [-0.2, 0) is 0 Å². The Labute approximate surface area is 168 Å². The lowest BCUT2D eigenvalue weighted by atomic mass is 10.0. The van der Waals surface area contributed by atoms with Crippen molar-refractivity contribution in [2.75, 3.05) is 13.1 Å². The van der Waals surface area contributed by atoms with Crippen LogP contribution in [-0.4, -0.2) is 45.4 Å². The highest BCUT2D eigenvalue weighted by atomic mass is 16.7. The van der Waals surface area contributed by atoms with Gasteiger partial charge in [0.25, 0.3) is 0 Å². The van der Waals surface area contributed by atoms with Gasteiger partial charge in [-0.05, 0) is 13.3 Å². The largest absolute Gasteiger partial charge is 0.346 e. The zero-order chi connectivity index (χ0) is 20.4. The van der Waals surface area contributed by atoms with Crippen molar-refractivity contribution in [3.8, 4) is 0 Å². The van der Waals surface area contributed by atoms with E-state index in [0.29, 0.717) is 6.54 Å². The first kappa shape index (κ1) is 26.8. The minimum absolute atomic E-state index is 0.263.